The van der Waals surface area contributed by atoms with E-state index in [0.29, 0.717) is 28.3 Å². The van der Waals surface area contributed by atoms with Crippen molar-refractivity contribution in [1.29, 1.82) is 0 Å². The molecule has 0 spiro atoms. The molecule has 0 saturated carbocycles. The van der Waals surface area contributed by atoms with Crippen molar-refractivity contribution in [2.45, 2.75) is 6.92 Å². The van der Waals surface area contributed by atoms with Crippen LogP contribution < -0.4 is 10.1 Å². The van der Waals surface area contributed by atoms with Gasteiger partial charge in [0.1, 0.15) is 5.15 Å². The lowest BCUT2D eigenvalue weighted by molar-refractivity contribution is 0.0519. The highest BCUT2D eigenvalue weighted by Gasteiger charge is 2.19. The molecule has 172 valence electrons. The van der Waals surface area contributed by atoms with E-state index in [-0.39, 0.29) is 29.2 Å². The van der Waals surface area contributed by atoms with Crippen LogP contribution in [-0.4, -0.2) is 45.3 Å². The van der Waals surface area contributed by atoms with E-state index in [1.807, 2.05) is 12.1 Å². The average molecular weight is 478 g/mol. The quantitative estimate of drug-likeness (QED) is 0.310. The van der Waals surface area contributed by atoms with E-state index in [2.05, 4.69) is 20.4 Å². The van der Waals surface area contributed by atoms with Crippen LogP contribution in [0.1, 0.15) is 27.8 Å². The Balaban J connectivity index is 1.69. The highest BCUT2D eigenvalue weighted by atomic mass is 35.5. The molecule has 0 unspecified atom stereocenters. The smallest absolute Gasteiger partial charge is 0.358 e. The Bertz CT molecular complexity index is 1340. The summed E-state index contributed by atoms with van der Waals surface area (Å²) in [5.74, 6) is -0.158. The number of ether oxygens (including phenoxy) is 2. The van der Waals surface area contributed by atoms with Gasteiger partial charge in [-0.25, -0.2) is 19.4 Å². The van der Waals surface area contributed by atoms with E-state index in [1.54, 1.807) is 54.2 Å². The van der Waals surface area contributed by atoms with Crippen LogP contribution in [0.2, 0.25) is 5.15 Å². The number of halogens is 1. The fourth-order valence-corrected chi connectivity index (χ4v) is 3.41. The summed E-state index contributed by atoms with van der Waals surface area (Å²) >= 11 is 5.98. The number of rotatable bonds is 7. The first-order chi connectivity index (χ1) is 16.5. The van der Waals surface area contributed by atoms with Gasteiger partial charge < -0.3 is 14.8 Å². The van der Waals surface area contributed by atoms with Crippen molar-refractivity contribution >= 4 is 29.2 Å². The fraction of sp³-hybridized carbons (Fsp3) is 0.125. The summed E-state index contributed by atoms with van der Waals surface area (Å²) in [5, 5.41) is 7.38. The number of carbonyl (C=O) groups is 2. The van der Waals surface area contributed by atoms with Crippen molar-refractivity contribution in [2.24, 2.45) is 0 Å². The van der Waals surface area contributed by atoms with Crippen LogP contribution in [0.3, 0.4) is 0 Å². The molecule has 0 bridgehead atoms. The van der Waals surface area contributed by atoms with Gasteiger partial charge in [0.25, 0.3) is 5.91 Å². The zero-order chi connectivity index (χ0) is 24.1. The minimum Gasteiger partial charge on any atom is -0.481 e. The van der Waals surface area contributed by atoms with Crippen LogP contribution in [0.4, 0.5) is 5.69 Å². The zero-order valence-corrected chi connectivity index (χ0v) is 19.1. The molecule has 1 aromatic carbocycles. The molecule has 34 heavy (non-hydrogen) atoms. The number of carbonyl (C=O) groups excluding carboxylic acids is 2. The highest BCUT2D eigenvalue weighted by molar-refractivity contribution is 6.30. The molecular weight excluding hydrogens is 458 g/mol. The van der Waals surface area contributed by atoms with Gasteiger partial charge in [0, 0.05) is 29.1 Å². The Morgan fingerprint density at radius 2 is 1.94 bits per heavy atom. The minimum absolute atomic E-state index is 0.143. The third-order valence-corrected chi connectivity index (χ3v) is 4.91. The molecule has 1 N–H and O–H groups in total. The maximum absolute atomic E-state index is 12.8. The summed E-state index contributed by atoms with van der Waals surface area (Å²) in [4.78, 5) is 33.4. The van der Waals surface area contributed by atoms with E-state index >= 15 is 0 Å². The van der Waals surface area contributed by atoms with Gasteiger partial charge in [-0.05, 0) is 43.3 Å². The summed E-state index contributed by atoms with van der Waals surface area (Å²) < 4.78 is 11.7. The van der Waals surface area contributed by atoms with Gasteiger partial charge in [-0.3, -0.25) is 4.79 Å². The largest absolute Gasteiger partial charge is 0.481 e. The zero-order valence-electron chi connectivity index (χ0n) is 18.4. The SMILES string of the molecule is CCOC(=O)c1cc(-c2cccc(NC(=O)c3cc(Cl)nc(OC)c3)c2)n(-c2ccccn2)n1. The summed E-state index contributed by atoms with van der Waals surface area (Å²) in [6.45, 7) is 1.96. The second kappa shape index (κ2) is 10.1. The molecule has 10 heteroatoms. The van der Waals surface area contributed by atoms with Gasteiger partial charge in [0.05, 0.1) is 19.4 Å². The molecule has 0 fully saturated rings. The van der Waals surface area contributed by atoms with E-state index in [4.69, 9.17) is 21.1 Å². The molecule has 9 nitrogen and oxygen atoms in total. The number of nitrogens with one attached hydrogen (secondary N) is 1. The number of nitrogens with zero attached hydrogens (tertiary/aromatic N) is 4. The van der Waals surface area contributed by atoms with E-state index in [1.165, 1.54) is 19.2 Å². The lowest BCUT2D eigenvalue weighted by Crippen LogP contribution is -2.12. The Morgan fingerprint density at radius 1 is 1.09 bits per heavy atom. The maximum Gasteiger partial charge on any atom is 0.358 e. The monoisotopic (exact) mass is 477 g/mol. The van der Waals surface area contributed by atoms with Gasteiger partial charge in [-0.15, -0.1) is 0 Å². The first kappa shape index (κ1) is 22.9. The van der Waals surface area contributed by atoms with Gasteiger partial charge >= 0.3 is 5.97 Å². The number of methoxy groups -OCH3 is 1. The van der Waals surface area contributed by atoms with Crippen molar-refractivity contribution in [3.63, 3.8) is 0 Å². The Kier molecular flexibility index (Phi) is 6.84. The van der Waals surface area contributed by atoms with E-state index in [9.17, 15) is 9.59 Å². The number of anilines is 1. The topological polar surface area (TPSA) is 108 Å². The van der Waals surface area contributed by atoms with Gasteiger partial charge in [-0.2, -0.15) is 5.10 Å². The van der Waals surface area contributed by atoms with Crippen LogP contribution in [0.15, 0.2) is 66.9 Å². The maximum atomic E-state index is 12.8. The first-order valence-corrected chi connectivity index (χ1v) is 10.7. The highest BCUT2D eigenvalue weighted by Crippen LogP contribution is 2.27. The Morgan fingerprint density at radius 3 is 2.68 bits per heavy atom. The standard InChI is InChI=1S/C24H20ClN5O4/c1-3-34-24(32)18-14-19(30(29-18)21-9-4-5-10-26-21)15-7-6-8-17(11-15)27-23(31)16-12-20(25)28-22(13-16)33-2/h4-14H,3H2,1-2H3,(H,27,31). The first-order valence-electron chi connectivity index (χ1n) is 10.3. The fourth-order valence-electron chi connectivity index (χ4n) is 3.21. The molecule has 3 heterocycles. The average Bonchev–Trinajstić information content (AvgIpc) is 3.30. The summed E-state index contributed by atoms with van der Waals surface area (Å²) in [6, 6.07) is 17.1. The van der Waals surface area contributed by atoms with Crippen LogP contribution in [-0.2, 0) is 4.74 Å². The van der Waals surface area contributed by atoms with Crippen molar-refractivity contribution in [1.82, 2.24) is 19.7 Å². The van der Waals surface area contributed by atoms with Crippen LogP contribution in [0.5, 0.6) is 5.88 Å². The summed E-state index contributed by atoms with van der Waals surface area (Å²) in [6.07, 6.45) is 1.63. The second-order valence-electron chi connectivity index (χ2n) is 6.99. The molecular formula is C24H20ClN5O4. The van der Waals surface area contributed by atoms with Gasteiger partial charge in [0.15, 0.2) is 11.5 Å². The van der Waals surface area contributed by atoms with Crippen molar-refractivity contribution in [2.75, 3.05) is 19.0 Å². The van der Waals surface area contributed by atoms with Gasteiger partial charge in [0.2, 0.25) is 5.88 Å². The summed E-state index contributed by atoms with van der Waals surface area (Å²) in [5.41, 5.74) is 2.28. The molecule has 4 rings (SSSR count). The molecule has 0 aliphatic heterocycles. The molecule has 0 saturated heterocycles. The summed E-state index contributed by atoms with van der Waals surface area (Å²) in [7, 11) is 1.44. The lowest BCUT2D eigenvalue weighted by Gasteiger charge is -2.10. The normalized spacial score (nSPS) is 10.6. The number of pyridine rings is 2. The van der Waals surface area contributed by atoms with Crippen LogP contribution >= 0.6 is 11.6 Å². The number of hydrogen-bond donors (Lipinski definition) is 1. The molecule has 0 radical (unpaired) electrons. The van der Waals surface area contributed by atoms with E-state index in [0.717, 1.165) is 0 Å². The molecule has 3 aromatic heterocycles. The predicted octanol–water partition coefficient (Wildman–Crippen LogP) is 4.42. The molecule has 0 aliphatic rings. The van der Waals surface area contributed by atoms with Crippen molar-refractivity contribution < 1.29 is 19.1 Å². The van der Waals surface area contributed by atoms with Gasteiger partial charge in [-0.1, -0.05) is 29.8 Å². The third kappa shape index (κ3) is 5.05. The minimum atomic E-state index is -0.536. The van der Waals surface area contributed by atoms with E-state index < -0.39 is 5.97 Å². The third-order valence-electron chi connectivity index (χ3n) is 4.72. The van der Waals surface area contributed by atoms with Crippen LogP contribution in [0.25, 0.3) is 17.1 Å². The number of hydrogen-bond acceptors (Lipinski definition) is 7. The Labute approximate surface area is 200 Å². The molecule has 0 aliphatic carbocycles. The number of esters is 1. The second-order valence-corrected chi connectivity index (χ2v) is 7.38. The molecule has 1 amide bonds. The molecule has 4 aromatic rings. The lowest BCUT2D eigenvalue weighted by atomic mass is 10.1. The molecule has 0 atom stereocenters. The predicted molar refractivity (Wildman–Crippen MR) is 127 cm³/mol. The number of amides is 1. The van der Waals surface area contributed by atoms with Crippen molar-refractivity contribution in [3.05, 3.63) is 83.3 Å². The van der Waals surface area contributed by atoms with Crippen molar-refractivity contribution in [3.8, 4) is 23.0 Å². The Hall–Kier alpha value is -4.24. The van der Waals surface area contributed by atoms with Crippen LogP contribution in [0, 0.1) is 0 Å². The number of benzene rings is 1. The number of aromatic nitrogens is 4.